The zero-order chi connectivity index (χ0) is 17.8. The molecule has 1 aliphatic rings. The Morgan fingerprint density at radius 1 is 1.24 bits per heavy atom. The molecular formula is C20H22F2N2O. The third-order valence-corrected chi connectivity index (χ3v) is 4.48. The van der Waals surface area contributed by atoms with Gasteiger partial charge in [0.1, 0.15) is 11.6 Å². The first kappa shape index (κ1) is 17.4. The van der Waals surface area contributed by atoms with Crippen molar-refractivity contribution in [3.8, 4) is 0 Å². The molecule has 0 spiro atoms. The second kappa shape index (κ2) is 7.64. The maximum Gasteiger partial charge on any atom is 0.224 e. The molecule has 1 fully saturated rings. The molecule has 1 aliphatic heterocycles. The number of amides is 1. The van der Waals surface area contributed by atoms with E-state index in [0.717, 1.165) is 24.9 Å². The van der Waals surface area contributed by atoms with E-state index in [-0.39, 0.29) is 30.0 Å². The van der Waals surface area contributed by atoms with Gasteiger partial charge in [-0.15, -0.1) is 0 Å². The minimum atomic E-state index is -0.343. The van der Waals surface area contributed by atoms with Gasteiger partial charge in [-0.1, -0.05) is 18.2 Å². The molecule has 0 saturated carbocycles. The maximum atomic E-state index is 14.1. The van der Waals surface area contributed by atoms with Gasteiger partial charge in [-0.25, -0.2) is 8.78 Å². The number of halogens is 2. The fourth-order valence-electron chi connectivity index (χ4n) is 3.29. The molecule has 1 heterocycles. The normalized spacial score (nSPS) is 17.4. The molecule has 2 aromatic rings. The zero-order valence-corrected chi connectivity index (χ0v) is 14.3. The summed E-state index contributed by atoms with van der Waals surface area (Å²) in [5.41, 5.74) is 2.24. The second-order valence-electron chi connectivity index (χ2n) is 6.61. The summed E-state index contributed by atoms with van der Waals surface area (Å²) >= 11 is 0. The molecule has 0 aliphatic carbocycles. The van der Waals surface area contributed by atoms with Gasteiger partial charge in [0.2, 0.25) is 5.91 Å². The molecule has 1 amide bonds. The van der Waals surface area contributed by atoms with Gasteiger partial charge in [-0.2, -0.15) is 0 Å². The Labute approximate surface area is 146 Å². The molecule has 1 saturated heterocycles. The molecule has 0 aromatic heterocycles. The van der Waals surface area contributed by atoms with E-state index >= 15 is 0 Å². The number of nitrogens with one attached hydrogen (secondary N) is 1. The van der Waals surface area contributed by atoms with Gasteiger partial charge >= 0.3 is 0 Å². The minimum absolute atomic E-state index is 0.0327. The van der Waals surface area contributed by atoms with Gasteiger partial charge in [0.05, 0.1) is 12.1 Å². The predicted octanol–water partition coefficient (Wildman–Crippen LogP) is 3.60. The standard InChI is InChI=1S/C20H22F2N2O/c1-14-7-8-18(22)19(10-14)24-9-3-6-17(13-24)23-20(25)12-15-4-2-5-16(21)11-15/h2,4-5,7-8,10-11,17H,3,6,9,12-13H2,1H3,(H,23,25). The number of nitrogens with zero attached hydrogens (tertiary/aromatic N) is 1. The molecule has 0 bridgehead atoms. The average molecular weight is 344 g/mol. The zero-order valence-electron chi connectivity index (χ0n) is 14.3. The van der Waals surface area contributed by atoms with Crippen LogP contribution < -0.4 is 10.2 Å². The first-order valence-electron chi connectivity index (χ1n) is 8.56. The number of piperidine rings is 1. The average Bonchev–Trinajstić information content (AvgIpc) is 2.57. The number of rotatable bonds is 4. The van der Waals surface area contributed by atoms with E-state index < -0.39 is 0 Å². The monoisotopic (exact) mass is 344 g/mol. The van der Waals surface area contributed by atoms with Crippen molar-refractivity contribution in [3.05, 3.63) is 65.2 Å². The van der Waals surface area contributed by atoms with Gasteiger partial charge in [0, 0.05) is 19.1 Å². The number of carbonyl (C=O) groups excluding carboxylic acids is 1. The van der Waals surface area contributed by atoms with E-state index in [9.17, 15) is 13.6 Å². The lowest BCUT2D eigenvalue weighted by atomic mass is 10.0. The molecule has 0 radical (unpaired) electrons. The van der Waals surface area contributed by atoms with Gasteiger partial charge in [-0.05, 0) is 55.2 Å². The highest BCUT2D eigenvalue weighted by Crippen LogP contribution is 2.24. The van der Waals surface area contributed by atoms with E-state index in [1.165, 1.54) is 18.2 Å². The summed E-state index contributed by atoms with van der Waals surface area (Å²) < 4.78 is 27.3. The molecule has 2 aromatic carbocycles. The second-order valence-corrected chi connectivity index (χ2v) is 6.61. The number of benzene rings is 2. The van der Waals surface area contributed by atoms with Crippen molar-refractivity contribution in [3.63, 3.8) is 0 Å². The van der Waals surface area contributed by atoms with Crippen molar-refractivity contribution < 1.29 is 13.6 Å². The molecule has 1 unspecified atom stereocenters. The minimum Gasteiger partial charge on any atom is -0.367 e. The lowest BCUT2D eigenvalue weighted by Crippen LogP contribution is -2.48. The van der Waals surface area contributed by atoms with Crippen LogP contribution in [0.4, 0.5) is 14.5 Å². The summed E-state index contributed by atoms with van der Waals surface area (Å²) in [5.74, 6) is -0.719. The van der Waals surface area contributed by atoms with Crippen LogP contribution in [0.3, 0.4) is 0 Å². The van der Waals surface area contributed by atoms with Gasteiger partial charge < -0.3 is 10.2 Å². The number of anilines is 1. The highest BCUT2D eigenvalue weighted by atomic mass is 19.1. The van der Waals surface area contributed by atoms with E-state index in [1.807, 2.05) is 17.9 Å². The van der Waals surface area contributed by atoms with Crippen molar-refractivity contribution >= 4 is 11.6 Å². The summed E-state index contributed by atoms with van der Waals surface area (Å²) in [6.45, 7) is 3.29. The topological polar surface area (TPSA) is 32.3 Å². The van der Waals surface area contributed by atoms with Crippen LogP contribution in [0, 0.1) is 18.6 Å². The largest absolute Gasteiger partial charge is 0.367 e. The Kier molecular flexibility index (Phi) is 5.31. The molecule has 132 valence electrons. The third kappa shape index (κ3) is 4.56. The lowest BCUT2D eigenvalue weighted by Gasteiger charge is -2.35. The van der Waals surface area contributed by atoms with Crippen LogP contribution in [0.15, 0.2) is 42.5 Å². The fraction of sp³-hybridized carbons (Fsp3) is 0.350. The van der Waals surface area contributed by atoms with Crippen molar-refractivity contribution in [1.29, 1.82) is 0 Å². The summed E-state index contributed by atoms with van der Waals surface area (Å²) in [6.07, 6.45) is 1.89. The SMILES string of the molecule is Cc1ccc(F)c(N2CCCC(NC(=O)Cc3cccc(F)c3)C2)c1. The predicted molar refractivity (Wildman–Crippen MR) is 94.6 cm³/mol. The molecule has 1 atom stereocenters. The van der Waals surface area contributed by atoms with E-state index in [4.69, 9.17) is 0 Å². The lowest BCUT2D eigenvalue weighted by molar-refractivity contribution is -0.121. The first-order valence-corrected chi connectivity index (χ1v) is 8.56. The quantitative estimate of drug-likeness (QED) is 0.919. The number of hydrogen-bond acceptors (Lipinski definition) is 2. The summed E-state index contributed by atoms with van der Waals surface area (Å²) in [4.78, 5) is 14.2. The molecule has 25 heavy (non-hydrogen) atoms. The summed E-state index contributed by atoms with van der Waals surface area (Å²) in [5, 5.41) is 3.00. The summed E-state index contributed by atoms with van der Waals surface area (Å²) in [7, 11) is 0. The Hall–Kier alpha value is -2.43. The molecule has 1 N–H and O–H groups in total. The van der Waals surface area contributed by atoms with Crippen molar-refractivity contribution in [2.45, 2.75) is 32.2 Å². The van der Waals surface area contributed by atoms with Crippen LogP contribution in [0.25, 0.3) is 0 Å². The number of aryl methyl sites for hydroxylation is 1. The van der Waals surface area contributed by atoms with Crippen LogP contribution in [0.1, 0.15) is 24.0 Å². The Bertz CT molecular complexity index is 763. The van der Waals surface area contributed by atoms with E-state index in [2.05, 4.69) is 5.32 Å². The first-order chi connectivity index (χ1) is 12.0. The van der Waals surface area contributed by atoms with Gasteiger partial charge in [0.15, 0.2) is 0 Å². The smallest absolute Gasteiger partial charge is 0.224 e. The molecule has 3 rings (SSSR count). The Morgan fingerprint density at radius 2 is 2.08 bits per heavy atom. The van der Waals surface area contributed by atoms with Crippen LogP contribution in [-0.4, -0.2) is 25.0 Å². The Morgan fingerprint density at radius 3 is 2.88 bits per heavy atom. The van der Waals surface area contributed by atoms with E-state index in [1.54, 1.807) is 18.2 Å². The van der Waals surface area contributed by atoms with Crippen LogP contribution >= 0.6 is 0 Å². The van der Waals surface area contributed by atoms with E-state index in [0.29, 0.717) is 17.8 Å². The van der Waals surface area contributed by atoms with Crippen LogP contribution in [0.5, 0.6) is 0 Å². The highest BCUT2D eigenvalue weighted by molar-refractivity contribution is 5.79. The number of hydrogen-bond donors (Lipinski definition) is 1. The van der Waals surface area contributed by atoms with Crippen LogP contribution in [-0.2, 0) is 11.2 Å². The maximum absolute atomic E-state index is 14.1. The molecular weight excluding hydrogens is 322 g/mol. The van der Waals surface area contributed by atoms with Crippen molar-refractivity contribution in [2.24, 2.45) is 0 Å². The van der Waals surface area contributed by atoms with Gasteiger partial charge in [0.25, 0.3) is 0 Å². The van der Waals surface area contributed by atoms with Crippen molar-refractivity contribution in [2.75, 3.05) is 18.0 Å². The number of carbonyl (C=O) groups is 1. The third-order valence-electron chi connectivity index (χ3n) is 4.48. The fourth-order valence-corrected chi connectivity index (χ4v) is 3.29. The Balaban J connectivity index is 1.61. The summed E-state index contributed by atoms with van der Waals surface area (Å²) in [6, 6.07) is 11.1. The molecule has 5 heteroatoms. The highest BCUT2D eigenvalue weighted by Gasteiger charge is 2.23. The van der Waals surface area contributed by atoms with Crippen LogP contribution in [0.2, 0.25) is 0 Å². The molecule has 3 nitrogen and oxygen atoms in total. The van der Waals surface area contributed by atoms with Crippen molar-refractivity contribution in [1.82, 2.24) is 5.32 Å². The van der Waals surface area contributed by atoms with Gasteiger partial charge in [-0.3, -0.25) is 4.79 Å².